The molecule has 0 aliphatic heterocycles. The van der Waals surface area contributed by atoms with Crippen LogP contribution in [-0.2, 0) is 6.54 Å². The van der Waals surface area contributed by atoms with Gasteiger partial charge in [-0.25, -0.2) is 4.98 Å². The van der Waals surface area contributed by atoms with Gasteiger partial charge in [0.2, 0.25) is 0 Å². The number of rotatable bonds is 17. The van der Waals surface area contributed by atoms with Gasteiger partial charge in [-0.05, 0) is 12.8 Å². The van der Waals surface area contributed by atoms with Crippen molar-refractivity contribution >= 4 is 16.1 Å². The Balaban J connectivity index is 0.000000730. The Bertz CT molecular complexity index is 625. The van der Waals surface area contributed by atoms with Gasteiger partial charge in [0.15, 0.2) is 0 Å². The largest absolute Gasteiger partial charge is 0.325 e. The summed E-state index contributed by atoms with van der Waals surface area (Å²) in [5.41, 5.74) is 1.46. The van der Waals surface area contributed by atoms with Gasteiger partial charge < -0.3 is 4.48 Å². The minimum atomic E-state index is 1.11. The summed E-state index contributed by atoms with van der Waals surface area (Å²) in [6.07, 6.45) is 25.4. The van der Waals surface area contributed by atoms with Crippen molar-refractivity contribution in [2.24, 2.45) is 0 Å². The lowest BCUT2D eigenvalue weighted by Crippen LogP contribution is -2.39. The summed E-state index contributed by atoms with van der Waals surface area (Å²) in [6, 6.07) is 10.9. The van der Waals surface area contributed by atoms with E-state index in [1.165, 1.54) is 102 Å². The number of hydrogen-bond donors (Lipinski definition) is 0. The average molecular weight is 508 g/mol. The molecule has 0 aliphatic rings. The molecular formula is C28H49BrN3+. The van der Waals surface area contributed by atoms with Crippen LogP contribution in [0.25, 0.3) is 0 Å². The van der Waals surface area contributed by atoms with E-state index in [1.807, 2.05) is 0 Å². The van der Waals surface area contributed by atoms with Crippen molar-refractivity contribution in [3.8, 4) is 0 Å². The number of aromatic nitrogens is 2. The van der Waals surface area contributed by atoms with E-state index in [2.05, 4.69) is 72.5 Å². The van der Waals surface area contributed by atoms with Crippen LogP contribution in [0.3, 0.4) is 0 Å². The van der Waals surface area contributed by atoms with Gasteiger partial charge in [0, 0.05) is 18.0 Å². The summed E-state index contributed by atoms with van der Waals surface area (Å²) in [7, 11) is 4.74. The molecule has 0 fully saturated rings. The highest BCUT2D eigenvalue weighted by molar-refractivity contribution is 9.08. The van der Waals surface area contributed by atoms with Crippen molar-refractivity contribution in [2.45, 2.75) is 103 Å². The molecule has 1 aromatic carbocycles. The van der Waals surface area contributed by atoms with Crippen molar-refractivity contribution < 1.29 is 4.48 Å². The molecule has 0 saturated heterocycles. The predicted octanol–water partition coefficient (Wildman–Crippen LogP) is 8.79. The third kappa shape index (κ3) is 17.4. The van der Waals surface area contributed by atoms with Gasteiger partial charge in [-0.2, -0.15) is 0 Å². The Kier molecular flexibility index (Phi) is 17.5. The molecule has 2 aromatic rings. The van der Waals surface area contributed by atoms with Gasteiger partial charge in [-0.3, -0.25) is 3.59 Å². The third-order valence-corrected chi connectivity index (χ3v) is 6.46. The maximum Gasteiger partial charge on any atom is 0.105 e. The molecule has 182 valence electrons. The second-order valence-electron chi connectivity index (χ2n) is 9.81. The molecule has 0 N–H and O–H groups in total. The first kappa shape index (κ1) is 28.9. The summed E-state index contributed by atoms with van der Waals surface area (Å²) >= 11 is 3.14. The number of quaternary nitrogens is 1. The van der Waals surface area contributed by atoms with E-state index in [0.717, 1.165) is 11.0 Å². The normalized spacial score (nSPS) is 11.2. The number of unbranched alkanes of at least 4 members (excludes halogenated alkanes) is 13. The quantitative estimate of drug-likeness (QED) is 0.155. The van der Waals surface area contributed by atoms with E-state index < -0.39 is 0 Å². The van der Waals surface area contributed by atoms with Crippen LogP contribution in [0, 0.1) is 0 Å². The number of halogens is 1. The summed E-state index contributed by atoms with van der Waals surface area (Å²) in [5, 5.41) is 0. The maximum absolute atomic E-state index is 3.74. The SMILES string of the molecule is Brn1ccnc1.CCCCCCCCCCCCCCCC[N+](C)(C)Cc1ccccc1. The highest BCUT2D eigenvalue weighted by atomic mass is 79.9. The molecule has 0 unspecified atom stereocenters. The Labute approximate surface area is 207 Å². The second kappa shape index (κ2) is 19.3. The first-order chi connectivity index (χ1) is 15.5. The molecule has 0 amide bonds. The van der Waals surface area contributed by atoms with Crippen LogP contribution < -0.4 is 0 Å². The smallest absolute Gasteiger partial charge is 0.105 e. The van der Waals surface area contributed by atoms with Gasteiger partial charge >= 0.3 is 0 Å². The zero-order chi connectivity index (χ0) is 23.3. The molecule has 2 rings (SSSR count). The molecule has 0 atom stereocenters. The summed E-state index contributed by atoms with van der Waals surface area (Å²) in [5.74, 6) is 0. The minimum absolute atomic E-state index is 1.11. The first-order valence-corrected chi connectivity index (χ1v) is 13.7. The van der Waals surface area contributed by atoms with Crippen molar-refractivity contribution in [2.75, 3.05) is 20.6 Å². The Hall–Kier alpha value is -1.13. The number of nitrogens with zero attached hydrogens (tertiary/aromatic N) is 3. The molecule has 1 heterocycles. The highest BCUT2D eigenvalue weighted by Gasteiger charge is 2.14. The van der Waals surface area contributed by atoms with Gasteiger partial charge in [-0.1, -0.05) is 114 Å². The fourth-order valence-corrected chi connectivity index (χ4v) is 4.35. The zero-order valence-electron chi connectivity index (χ0n) is 21.2. The van der Waals surface area contributed by atoms with Crippen molar-refractivity contribution in [3.63, 3.8) is 0 Å². The number of hydrogen-bond acceptors (Lipinski definition) is 1. The highest BCUT2D eigenvalue weighted by Crippen LogP contribution is 2.15. The molecule has 0 spiro atoms. The molecule has 0 radical (unpaired) electrons. The fraction of sp³-hybridized carbons (Fsp3) is 0.679. The van der Waals surface area contributed by atoms with Crippen LogP contribution in [-0.4, -0.2) is 33.7 Å². The van der Waals surface area contributed by atoms with Crippen LogP contribution in [0.4, 0.5) is 0 Å². The molecule has 1 aromatic heterocycles. The third-order valence-electron chi connectivity index (χ3n) is 6.04. The van der Waals surface area contributed by atoms with Crippen LogP contribution in [0.15, 0.2) is 49.1 Å². The summed E-state index contributed by atoms with van der Waals surface area (Å²) in [6.45, 7) is 4.75. The Morgan fingerprint density at radius 2 is 1.25 bits per heavy atom. The van der Waals surface area contributed by atoms with Crippen molar-refractivity contribution in [1.29, 1.82) is 0 Å². The van der Waals surface area contributed by atoms with Crippen LogP contribution in [0.1, 0.15) is 102 Å². The van der Waals surface area contributed by atoms with Crippen LogP contribution in [0.5, 0.6) is 0 Å². The number of imidazole rings is 1. The summed E-state index contributed by atoms with van der Waals surface area (Å²) in [4.78, 5) is 3.74. The second-order valence-corrected chi connectivity index (χ2v) is 10.6. The van der Waals surface area contributed by atoms with E-state index in [4.69, 9.17) is 0 Å². The van der Waals surface area contributed by atoms with Crippen LogP contribution >= 0.6 is 16.1 Å². The lowest BCUT2D eigenvalue weighted by atomic mass is 10.0. The topological polar surface area (TPSA) is 17.8 Å². The Morgan fingerprint density at radius 3 is 1.66 bits per heavy atom. The lowest BCUT2D eigenvalue weighted by Gasteiger charge is -2.30. The predicted molar refractivity (Wildman–Crippen MR) is 144 cm³/mol. The minimum Gasteiger partial charge on any atom is -0.325 e. The maximum atomic E-state index is 3.74. The lowest BCUT2D eigenvalue weighted by molar-refractivity contribution is -0.903. The average Bonchev–Trinajstić information content (AvgIpc) is 3.26. The van der Waals surface area contributed by atoms with Crippen molar-refractivity contribution in [1.82, 2.24) is 8.58 Å². The van der Waals surface area contributed by atoms with Crippen molar-refractivity contribution in [3.05, 3.63) is 54.6 Å². The first-order valence-electron chi connectivity index (χ1n) is 13.0. The van der Waals surface area contributed by atoms with E-state index in [1.54, 1.807) is 22.3 Å². The van der Waals surface area contributed by atoms with E-state index in [0.29, 0.717) is 0 Å². The monoisotopic (exact) mass is 506 g/mol. The van der Waals surface area contributed by atoms with Gasteiger partial charge in [0.05, 0.1) is 36.8 Å². The molecule has 32 heavy (non-hydrogen) atoms. The molecule has 4 heteroatoms. The molecule has 0 saturated carbocycles. The Morgan fingerprint density at radius 1 is 0.750 bits per heavy atom. The van der Waals surface area contributed by atoms with Gasteiger partial charge in [-0.15, -0.1) is 0 Å². The molecule has 0 aliphatic carbocycles. The van der Waals surface area contributed by atoms with E-state index in [9.17, 15) is 0 Å². The van der Waals surface area contributed by atoms with E-state index in [-0.39, 0.29) is 0 Å². The summed E-state index contributed by atoms with van der Waals surface area (Å²) < 4.78 is 2.81. The van der Waals surface area contributed by atoms with E-state index >= 15 is 0 Å². The van der Waals surface area contributed by atoms with Crippen LogP contribution in [0.2, 0.25) is 0 Å². The molecule has 3 nitrogen and oxygen atoms in total. The fourth-order valence-electron chi connectivity index (χ4n) is 4.13. The standard InChI is InChI=1S/C25H46N.C3H3BrN2/c1-4-5-6-7-8-9-10-11-12-13-14-15-16-20-23-26(2,3)24-25-21-18-17-19-22-25;4-6-2-1-5-3-6/h17-19,21-22H,4-16,20,23-24H2,1-3H3;1-3H/q+1;. The molecular weight excluding hydrogens is 458 g/mol. The van der Waals surface area contributed by atoms with Gasteiger partial charge in [0.25, 0.3) is 0 Å². The zero-order valence-corrected chi connectivity index (χ0v) is 22.7. The number of benzene rings is 1. The molecule has 0 bridgehead atoms. The van der Waals surface area contributed by atoms with Gasteiger partial charge in [0.1, 0.15) is 12.9 Å².